The molecule has 0 amide bonds. The quantitative estimate of drug-likeness (QED) is 0.601. The first-order chi connectivity index (χ1) is 5.81. The van der Waals surface area contributed by atoms with Crippen LogP contribution < -0.4 is 0 Å². The van der Waals surface area contributed by atoms with Crippen LogP contribution in [0.4, 0.5) is 0 Å². The molecular formula is C10H14O2. The van der Waals surface area contributed by atoms with E-state index in [9.17, 15) is 0 Å². The molecule has 0 bridgehead atoms. The summed E-state index contributed by atoms with van der Waals surface area (Å²) in [5, 5.41) is 17.4. The molecule has 0 fully saturated rings. The maximum absolute atomic E-state index is 9.07. The van der Waals surface area contributed by atoms with Gasteiger partial charge in [0.25, 0.3) is 0 Å². The Morgan fingerprint density at radius 3 is 2.50 bits per heavy atom. The van der Waals surface area contributed by atoms with E-state index in [-0.39, 0.29) is 12.7 Å². The van der Waals surface area contributed by atoms with Crippen LogP contribution in [0.25, 0.3) is 0 Å². The molecule has 0 aliphatic heterocycles. The first kappa shape index (κ1) is 11.0. The third kappa shape index (κ3) is 7.15. The van der Waals surface area contributed by atoms with Crippen LogP contribution in [-0.2, 0) is 0 Å². The fraction of sp³-hybridized carbons (Fsp3) is 0.600. The molecule has 2 heteroatoms. The van der Waals surface area contributed by atoms with Gasteiger partial charge in [-0.15, -0.1) is 0 Å². The standard InChI is InChI=1S/C10H14O2/c1-2-10(12)8-6-4-3-5-7-9-11/h10-12H,2,7-9H2,1H3. The molecule has 0 heterocycles. The van der Waals surface area contributed by atoms with E-state index in [1.54, 1.807) is 0 Å². The van der Waals surface area contributed by atoms with Crippen molar-refractivity contribution in [1.29, 1.82) is 0 Å². The lowest BCUT2D eigenvalue weighted by molar-refractivity contribution is 0.176. The molecule has 66 valence electrons. The summed E-state index contributed by atoms with van der Waals surface area (Å²) in [6.45, 7) is 1.98. The van der Waals surface area contributed by atoms with Crippen LogP contribution in [0.2, 0.25) is 0 Å². The Morgan fingerprint density at radius 2 is 1.92 bits per heavy atom. The van der Waals surface area contributed by atoms with Crippen molar-refractivity contribution in [2.75, 3.05) is 6.61 Å². The van der Waals surface area contributed by atoms with E-state index >= 15 is 0 Å². The molecule has 0 aromatic heterocycles. The van der Waals surface area contributed by atoms with Crippen molar-refractivity contribution in [1.82, 2.24) is 0 Å². The Balaban J connectivity index is 3.54. The molecule has 0 aromatic rings. The molecule has 0 rings (SSSR count). The molecular weight excluding hydrogens is 152 g/mol. The Morgan fingerprint density at radius 1 is 1.25 bits per heavy atom. The van der Waals surface area contributed by atoms with Gasteiger partial charge in [-0.2, -0.15) is 0 Å². The number of hydrogen-bond acceptors (Lipinski definition) is 2. The Hall–Kier alpha value is -0.960. The Labute approximate surface area is 73.6 Å². The summed E-state index contributed by atoms with van der Waals surface area (Å²) in [7, 11) is 0. The second kappa shape index (κ2) is 8.14. The topological polar surface area (TPSA) is 40.5 Å². The second-order valence-corrected chi connectivity index (χ2v) is 2.34. The molecule has 1 atom stereocenters. The van der Waals surface area contributed by atoms with Crippen molar-refractivity contribution in [3.05, 3.63) is 0 Å². The van der Waals surface area contributed by atoms with E-state index in [2.05, 4.69) is 23.7 Å². The van der Waals surface area contributed by atoms with E-state index in [4.69, 9.17) is 10.2 Å². The minimum Gasteiger partial charge on any atom is -0.395 e. The first-order valence-corrected chi connectivity index (χ1v) is 4.06. The average Bonchev–Trinajstić information content (AvgIpc) is 2.10. The minimum absolute atomic E-state index is 0.0757. The van der Waals surface area contributed by atoms with Gasteiger partial charge in [-0.25, -0.2) is 0 Å². The third-order valence-electron chi connectivity index (χ3n) is 1.29. The lowest BCUT2D eigenvalue weighted by atomic mass is 10.2. The van der Waals surface area contributed by atoms with Gasteiger partial charge in [0.2, 0.25) is 0 Å². The van der Waals surface area contributed by atoms with Gasteiger partial charge in [-0.1, -0.05) is 18.8 Å². The van der Waals surface area contributed by atoms with Gasteiger partial charge in [-0.05, 0) is 18.3 Å². The molecule has 2 N–H and O–H groups in total. The lowest BCUT2D eigenvalue weighted by Gasteiger charge is -1.98. The summed E-state index contributed by atoms with van der Waals surface area (Å²) in [6.07, 6.45) is 1.32. The SMILES string of the molecule is CCC(O)CC#CC#CCCO. The van der Waals surface area contributed by atoms with Crippen LogP contribution in [0.1, 0.15) is 26.2 Å². The summed E-state index contributed by atoms with van der Waals surface area (Å²) in [5.41, 5.74) is 0. The average molecular weight is 166 g/mol. The van der Waals surface area contributed by atoms with Crippen LogP contribution >= 0.6 is 0 Å². The molecule has 0 saturated carbocycles. The monoisotopic (exact) mass is 166 g/mol. The van der Waals surface area contributed by atoms with Gasteiger partial charge in [0, 0.05) is 12.8 Å². The van der Waals surface area contributed by atoms with E-state index in [1.807, 2.05) is 6.92 Å². The van der Waals surface area contributed by atoms with Crippen molar-refractivity contribution in [2.24, 2.45) is 0 Å². The van der Waals surface area contributed by atoms with Gasteiger partial charge < -0.3 is 10.2 Å². The van der Waals surface area contributed by atoms with Gasteiger partial charge in [-0.3, -0.25) is 0 Å². The number of rotatable bonds is 3. The highest BCUT2D eigenvalue weighted by atomic mass is 16.3. The maximum atomic E-state index is 9.07. The lowest BCUT2D eigenvalue weighted by Crippen LogP contribution is -2.01. The predicted octanol–water partition coefficient (Wildman–Crippen LogP) is 0.537. The predicted molar refractivity (Wildman–Crippen MR) is 48.2 cm³/mol. The smallest absolute Gasteiger partial charge is 0.0647 e. The van der Waals surface area contributed by atoms with E-state index in [0.717, 1.165) is 6.42 Å². The second-order valence-electron chi connectivity index (χ2n) is 2.34. The van der Waals surface area contributed by atoms with E-state index in [0.29, 0.717) is 12.8 Å². The van der Waals surface area contributed by atoms with Gasteiger partial charge in [0.05, 0.1) is 12.7 Å². The molecule has 1 unspecified atom stereocenters. The summed E-state index contributed by atoms with van der Waals surface area (Å²) in [6, 6.07) is 0. The number of aliphatic hydroxyl groups is 2. The van der Waals surface area contributed by atoms with Crippen LogP contribution in [-0.4, -0.2) is 22.9 Å². The summed E-state index contributed by atoms with van der Waals surface area (Å²) in [5.74, 6) is 10.6. The largest absolute Gasteiger partial charge is 0.395 e. The van der Waals surface area contributed by atoms with Crippen LogP contribution in [0, 0.1) is 23.7 Å². The van der Waals surface area contributed by atoms with E-state index in [1.165, 1.54) is 0 Å². The zero-order valence-corrected chi connectivity index (χ0v) is 7.30. The molecule has 12 heavy (non-hydrogen) atoms. The van der Waals surface area contributed by atoms with Crippen molar-refractivity contribution in [3.63, 3.8) is 0 Å². The van der Waals surface area contributed by atoms with Crippen molar-refractivity contribution >= 4 is 0 Å². The zero-order valence-electron chi connectivity index (χ0n) is 7.30. The summed E-state index contributed by atoms with van der Waals surface area (Å²) >= 11 is 0. The molecule has 0 spiro atoms. The summed E-state index contributed by atoms with van der Waals surface area (Å²) < 4.78 is 0. The highest BCUT2D eigenvalue weighted by molar-refractivity contribution is 5.25. The Kier molecular flexibility index (Phi) is 7.49. The molecule has 0 radical (unpaired) electrons. The van der Waals surface area contributed by atoms with Gasteiger partial charge in [0.15, 0.2) is 0 Å². The molecule has 0 aliphatic rings. The fourth-order valence-corrected chi connectivity index (χ4v) is 0.520. The van der Waals surface area contributed by atoms with Crippen LogP contribution in [0.5, 0.6) is 0 Å². The molecule has 0 saturated heterocycles. The van der Waals surface area contributed by atoms with E-state index < -0.39 is 0 Å². The highest BCUT2D eigenvalue weighted by Gasteiger charge is 1.94. The van der Waals surface area contributed by atoms with Crippen molar-refractivity contribution < 1.29 is 10.2 Å². The minimum atomic E-state index is -0.336. The van der Waals surface area contributed by atoms with Crippen molar-refractivity contribution in [2.45, 2.75) is 32.3 Å². The first-order valence-electron chi connectivity index (χ1n) is 4.06. The molecule has 0 aromatic carbocycles. The zero-order chi connectivity index (χ0) is 9.23. The van der Waals surface area contributed by atoms with Crippen molar-refractivity contribution in [3.8, 4) is 23.7 Å². The van der Waals surface area contributed by atoms with Gasteiger partial charge >= 0.3 is 0 Å². The molecule has 0 aliphatic carbocycles. The maximum Gasteiger partial charge on any atom is 0.0647 e. The van der Waals surface area contributed by atoms with Gasteiger partial charge in [0.1, 0.15) is 0 Å². The van der Waals surface area contributed by atoms with Crippen LogP contribution in [0.3, 0.4) is 0 Å². The van der Waals surface area contributed by atoms with Crippen LogP contribution in [0.15, 0.2) is 0 Å². The third-order valence-corrected chi connectivity index (χ3v) is 1.29. The molecule has 2 nitrogen and oxygen atoms in total. The Bertz CT molecular complexity index is 211. The highest BCUT2D eigenvalue weighted by Crippen LogP contribution is 1.93. The number of hydrogen-bond donors (Lipinski definition) is 2. The summed E-state index contributed by atoms with van der Waals surface area (Å²) in [4.78, 5) is 0. The normalized spacial score (nSPS) is 10.6. The number of aliphatic hydroxyl groups excluding tert-OH is 2. The fourth-order valence-electron chi connectivity index (χ4n) is 0.520.